The van der Waals surface area contributed by atoms with Gasteiger partial charge in [-0.25, -0.2) is 4.39 Å². The SMILES string of the molecule is CCC/C(F)=C(\F)C(=O)Cl. The fourth-order valence-corrected chi connectivity index (χ4v) is 0.538. The van der Waals surface area contributed by atoms with Gasteiger partial charge in [0.15, 0.2) is 0 Å². The molecule has 4 heteroatoms. The molecule has 0 fully saturated rings. The van der Waals surface area contributed by atoms with Crippen LogP contribution < -0.4 is 0 Å². The van der Waals surface area contributed by atoms with Gasteiger partial charge < -0.3 is 0 Å². The molecule has 0 aliphatic heterocycles. The molecule has 0 unspecified atom stereocenters. The van der Waals surface area contributed by atoms with Crippen LogP contribution >= 0.6 is 11.6 Å². The highest BCUT2D eigenvalue weighted by Gasteiger charge is 2.11. The van der Waals surface area contributed by atoms with Crippen LogP contribution in [0.2, 0.25) is 0 Å². The zero-order valence-corrected chi connectivity index (χ0v) is 6.21. The van der Waals surface area contributed by atoms with Crippen LogP contribution in [0.3, 0.4) is 0 Å². The fraction of sp³-hybridized carbons (Fsp3) is 0.500. The van der Waals surface area contributed by atoms with E-state index in [0.717, 1.165) is 0 Å². The Labute approximate surface area is 62.7 Å². The largest absolute Gasteiger partial charge is 0.283 e. The van der Waals surface area contributed by atoms with Crippen molar-refractivity contribution in [3.63, 3.8) is 0 Å². The van der Waals surface area contributed by atoms with Gasteiger partial charge in [-0.15, -0.1) is 0 Å². The maximum absolute atomic E-state index is 12.2. The Morgan fingerprint density at radius 1 is 1.50 bits per heavy atom. The summed E-state index contributed by atoms with van der Waals surface area (Å²) in [7, 11) is 0. The molecule has 0 saturated carbocycles. The van der Waals surface area contributed by atoms with Gasteiger partial charge in [0.1, 0.15) is 5.83 Å². The fourth-order valence-electron chi connectivity index (χ4n) is 0.436. The molecule has 0 rings (SSSR count). The second kappa shape index (κ2) is 4.39. The van der Waals surface area contributed by atoms with Gasteiger partial charge in [0.2, 0.25) is 5.83 Å². The smallest absolute Gasteiger partial charge is 0.273 e. The maximum atomic E-state index is 12.2. The van der Waals surface area contributed by atoms with Crippen molar-refractivity contribution >= 4 is 16.8 Å². The van der Waals surface area contributed by atoms with Crippen LogP contribution in [0.1, 0.15) is 19.8 Å². The Bertz CT molecular complexity index is 165. The molecule has 0 aliphatic carbocycles. The standard InChI is InChI=1S/C6H7ClF2O/c1-2-3-4(8)5(9)6(7)10/h2-3H2,1H3/b5-4+. The zero-order chi connectivity index (χ0) is 8.15. The number of rotatable bonds is 3. The quantitative estimate of drug-likeness (QED) is 0.468. The van der Waals surface area contributed by atoms with Crippen LogP contribution in [-0.2, 0) is 4.79 Å². The van der Waals surface area contributed by atoms with E-state index in [1.165, 1.54) is 0 Å². The van der Waals surface area contributed by atoms with Crippen molar-refractivity contribution in [2.75, 3.05) is 0 Å². The number of carbonyl (C=O) groups is 1. The second-order valence-corrected chi connectivity index (χ2v) is 2.09. The first-order chi connectivity index (χ1) is 4.59. The lowest BCUT2D eigenvalue weighted by molar-refractivity contribution is -0.109. The van der Waals surface area contributed by atoms with Crippen LogP contribution in [0.5, 0.6) is 0 Å². The zero-order valence-electron chi connectivity index (χ0n) is 5.46. The number of hydrogen-bond acceptors (Lipinski definition) is 1. The predicted octanol–water partition coefficient (Wildman–Crippen LogP) is 2.70. The highest BCUT2D eigenvalue weighted by Crippen LogP contribution is 2.15. The summed E-state index contributed by atoms with van der Waals surface area (Å²) in [5.74, 6) is -2.54. The molecule has 0 radical (unpaired) electrons. The van der Waals surface area contributed by atoms with Crippen molar-refractivity contribution in [3.8, 4) is 0 Å². The number of allylic oxidation sites excluding steroid dienone is 2. The predicted molar refractivity (Wildman–Crippen MR) is 35.0 cm³/mol. The molecule has 0 aromatic rings. The molecule has 0 aromatic carbocycles. The van der Waals surface area contributed by atoms with Gasteiger partial charge in [0.25, 0.3) is 5.24 Å². The molecule has 1 nitrogen and oxygen atoms in total. The monoisotopic (exact) mass is 168 g/mol. The molecule has 0 saturated heterocycles. The van der Waals surface area contributed by atoms with E-state index in [1.807, 2.05) is 0 Å². The first kappa shape index (κ1) is 9.56. The van der Waals surface area contributed by atoms with Crippen molar-refractivity contribution in [1.82, 2.24) is 0 Å². The maximum Gasteiger partial charge on any atom is 0.283 e. The average molecular weight is 169 g/mol. The summed E-state index contributed by atoms with van der Waals surface area (Å²) in [4.78, 5) is 9.95. The Kier molecular flexibility index (Phi) is 4.19. The number of halogens is 3. The first-order valence-electron chi connectivity index (χ1n) is 2.83. The molecule has 0 bridgehead atoms. The van der Waals surface area contributed by atoms with Gasteiger partial charge in [0.05, 0.1) is 0 Å². The van der Waals surface area contributed by atoms with Crippen molar-refractivity contribution in [1.29, 1.82) is 0 Å². The molecule has 0 spiro atoms. The van der Waals surface area contributed by atoms with E-state index in [-0.39, 0.29) is 6.42 Å². The summed E-state index contributed by atoms with van der Waals surface area (Å²) in [6.45, 7) is 1.67. The van der Waals surface area contributed by atoms with Gasteiger partial charge in [-0.2, -0.15) is 4.39 Å². The molecular formula is C6H7ClF2O. The van der Waals surface area contributed by atoms with Gasteiger partial charge in [-0.05, 0) is 18.0 Å². The summed E-state index contributed by atoms with van der Waals surface area (Å²) >= 11 is 4.65. The minimum Gasteiger partial charge on any atom is -0.273 e. The second-order valence-electron chi connectivity index (χ2n) is 1.74. The Balaban J connectivity index is 4.19. The molecule has 0 aliphatic rings. The Hall–Kier alpha value is -0.440. The lowest BCUT2D eigenvalue weighted by Crippen LogP contribution is -1.89. The van der Waals surface area contributed by atoms with Crippen LogP contribution in [-0.4, -0.2) is 5.24 Å². The van der Waals surface area contributed by atoms with E-state index in [0.29, 0.717) is 6.42 Å². The molecule has 0 aromatic heterocycles. The van der Waals surface area contributed by atoms with Crippen molar-refractivity contribution < 1.29 is 13.6 Å². The van der Waals surface area contributed by atoms with Crippen LogP contribution in [0.15, 0.2) is 11.7 Å². The lowest BCUT2D eigenvalue weighted by Gasteiger charge is -1.92. The van der Waals surface area contributed by atoms with Crippen LogP contribution in [0, 0.1) is 0 Å². The van der Waals surface area contributed by atoms with E-state index in [9.17, 15) is 13.6 Å². The molecule has 0 amide bonds. The minimum atomic E-state index is -1.47. The number of carbonyl (C=O) groups excluding carboxylic acids is 1. The van der Waals surface area contributed by atoms with E-state index >= 15 is 0 Å². The third kappa shape index (κ3) is 2.92. The highest BCUT2D eigenvalue weighted by atomic mass is 35.5. The molecule has 0 N–H and O–H groups in total. The average Bonchev–Trinajstić information content (AvgIpc) is 1.87. The summed E-state index contributed by atoms with van der Waals surface area (Å²) in [5, 5.41) is -1.37. The normalized spacial score (nSPS) is 12.8. The van der Waals surface area contributed by atoms with E-state index < -0.39 is 16.9 Å². The minimum absolute atomic E-state index is 0.0791. The van der Waals surface area contributed by atoms with Gasteiger partial charge >= 0.3 is 0 Å². The summed E-state index contributed by atoms with van der Waals surface area (Å²) in [6, 6.07) is 0. The molecular weight excluding hydrogens is 162 g/mol. The third-order valence-electron chi connectivity index (χ3n) is 0.880. The van der Waals surface area contributed by atoms with Gasteiger partial charge in [-0.1, -0.05) is 6.92 Å². The van der Waals surface area contributed by atoms with Crippen LogP contribution in [0.25, 0.3) is 0 Å². The molecule has 0 atom stereocenters. The van der Waals surface area contributed by atoms with Gasteiger partial charge in [0, 0.05) is 6.42 Å². The first-order valence-corrected chi connectivity index (χ1v) is 3.21. The molecule has 10 heavy (non-hydrogen) atoms. The van der Waals surface area contributed by atoms with Crippen molar-refractivity contribution in [3.05, 3.63) is 11.7 Å². The van der Waals surface area contributed by atoms with Gasteiger partial charge in [-0.3, -0.25) is 4.79 Å². The highest BCUT2D eigenvalue weighted by molar-refractivity contribution is 6.67. The van der Waals surface area contributed by atoms with Crippen molar-refractivity contribution in [2.24, 2.45) is 0 Å². The summed E-state index contributed by atoms with van der Waals surface area (Å²) in [5.41, 5.74) is 0. The van der Waals surface area contributed by atoms with Crippen LogP contribution in [0.4, 0.5) is 8.78 Å². The van der Waals surface area contributed by atoms with Crippen molar-refractivity contribution in [2.45, 2.75) is 19.8 Å². The topological polar surface area (TPSA) is 17.1 Å². The Morgan fingerprint density at radius 3 is 2.30 bits per heavy atom. The lowest BCUT2D eigenvalue weighted by atomic mass is 10.3. The third-order valence-corrected chi connectivity index (χ3v) is 1.05. The van der Waals surface area contributed by atoms with E-state index in [1.54, 1.807) is 6.92 Å². The Morgan fingerprint density at radius 2 is 2.00 bits per heavy atom. The molecule has 0 heterocycles. The summed E-state index contributed by atoms with van der Waals surface area (Å²) in [6.07, 6.45) is 0.369. The van der Waals surface area contributed by atoms with E-state index in [4.69, 9.17) is 0 Å². The van der Waals surface area contributed by atoms with E-state index in [2.05, 4.69) is 11.6 Å². The number of hydrogen-bond donors (Lipinski definition) is 0. The molecule has 58 valence electrons. The summed E-state index contributed by atoms with van der Waals surface area (Å²) < 4.78 is 24.4.